The molecule has 2 aromatic carbocycles. The van der Waals surface area contributed by atoms with Gasteiger partial charge in [-0.3, -0.25) is 4.68 Å². The molecule has 0 aliphatic carbocycles. The van der Waals surface area contributed by atoms with Gasteiger partial charge in [-0.2, -0.15) is 5.10 Å². The number of anilines is 1. The molecule has 6 rings (SSSR count). The Morgan fingerprint density at radius 1 is 1.08 bits per heavy atom. The Balaban J connectivity index is 1.26. The van der Waals surface area contributed by atoms with Crippen molar-refractivity contribution < 1.29 is 9.53 Å². The number of hydrogen-bond donors (Lipinski definition) is 1. The molecule has 1 N–H and O–H groups in total. The lowest BCUT2D eigenvalue weighted by molar-refractivity contribution is 0.191. The lowest BCUT2D eigenvalue weighted by atomic mass is 9.97. The smallest absolute Gasteiger partial charge is 0.321 e. The Hall–Kier alpha value is -4.33. The molecule has 2 amide bonds. The Morgan fingerprint density at radius 2 is 2.00 bits per heavy atom. The summed E-state index contributed by atoms with van der Waals surface area (Å²) in [5, 5.41) is 8.36. The molecule has 182 valence electrons. The normalized spacial score (nSPS) is 15.9. The van der Waals surface area contributed by atoms with Gasteiger partial charge in [0.25, 0.3) is 0 Å². The van der Waals surface area contributed by atoms with Crippen LogP contribution in [0.5, 0.6) is 5.75 Å². The number of ether oxygens (including phenoxy) is 1. The van der Waals surface area contributed by atoms with Crippen LogP contribution in [0.2, 0.25) is 0 Å². The van der Waals surface area contributed by atoms with Crippen molar-refractivity contribution in [3.63, 3.8) is 0 Å². The summed E-state index contributed by atoms with van der Waals surface area (Å²) in [4.78, 5) is 20.2. The molecule has 8 heteroatoms. The molecule has 36 heavy (non-hydrogen) atoms. The molecule has 3 aromatic heterocycles. The minimum absolute atomic E-state index is 0.0863. The summed E-state index contributed by atoms with van der Waals surface area (Å²) in [5.74, 6) is 1.92. The van der Waals surface area contributed by atoms with Gasteiger partial charge in [0, 0.05) is 48.9 Å². The van der Waals surface area contributed by atoms with Crippen molar-refractivity contribution in [1.82, 2.24) is 24.1 Å². The van der Waals surface area contributed by atoms with E-state index in [0.717, 1.165) is 64.3 Å². The predicted octanol–water partition coefficient (Wildman–Crippen LogP) is 5.31. The van der Waals surface area contributed by atoms with Crippen molar-refractivity contribution in [3.8, 4) is 17.0 Å². The number of aryl methyl sites for hydroxylation is 1. The Kier molecular flexibility index (Phi) is 5.56. The van der Waals surface area contributed by atoms with Crippen molar-refractivity contribution >= 4 is 28.1 Å². The Labute approximate surface area is 209 Å². The first-order valence-electron chi connectivity index (χ1n) is 12.2. The zero-order valence-corrected chi connectivity index (χ0v) is 20.4. The number of aromatic nitrogens is 4. The van der Waals surface area contributed by atoms with Crippen molar-refractivity contribution in [2.75, 3.05) is 25.5 Å². The third-order valence-corrected chi connectivity index (χ3v) is 6.99. The zero-order chi connectivity index (χ0) is 24.6. The maximum absolute atomic E-state index is 13.2. The van der Waals surface area contributed by atoms with E-state index in [-0.39, 0.29) is 11.9 Å². The van der Waals surface area contributed by atoms with Gasteiger partial charge in [0.2, 0.25) is 0 Å². The van der Waals surface area contributed by atoms with Crippen LogP contribution in [0.4, 0.5) is 10.5 Å². The van der Waals surface area contributed by atoms with Crippen LogP contribution in [-0.4, -0.2) is 50.3 Å². The molecule has 1 aliphatic heterocycles. The second kappa shape index (κ2) is 9.03. The molecule has 4 heterocycles. The van der Waals surface area contributed by atoms with E-state index in [9.17, 15) is 4.79 Å². The SMILES string of the molecule is COc1cccc(-c2nc(C3CCCN(C(=O)Nc4ccc5c(cnn5C)c4)C3)n3ccccc23)c1. The van der Waals surface area contributed by atoms with Crippen LogP contribution >= 0.6 is 0 Å². The van der Waals surface area contributed by atoms with Gasteiger partial charge in [-0.25, -0.2) is 9.78 Å². The highest BCUT2D eigenvalue weighted by Gasteiger charge is 2.29. The maximum atomic E-state index is 13.2. The first-order valence-corrected chi connectivity index (χ1v) is 12.2. The zero-order valence-electron chi connectivity index (χ0n) is 20.4. The highest BCUT2D eigenvalue weighted by molar-refractivity contribution is 5.92. The highest BCUT2D eigenvalue weighted by Crippen LogP contribution is 2.33. The second-order valence-corrected chi connectivity index (χ2v) is 9.26. The number of carbonyl (C=O) groups is 1. The molecular weight excluding hydrogens is 452 g/mol. The van der Waals surface area contributed by atoms with E-state index in [2.05, 4.69) is 33.1 Å². The number of carbonyl (C=O) groups excluding carboxylic acids is 1. The second-order valence-electron chi connectivity index (χ2n) is 9.26. The van der Waals surface area contributed by atoms with E-state index >= 15 is 0 Å². The molecular formula is C28H28N6O2. The first kappa shape index (κ1) is 22.2. The standard InChI is InChI=1S/C28H28N6O2/c1-32-24-12-11-22(15-21(24)17-29-32)30-28(35)33-13-6-8-20(18-33)27-31-26(25-10-3-4-14-34(25)27)19-7-5-9-23(16-19)36-2/h3-5,7,9-12,14-17,20H,6,8,13,18H2,1-2H3,(H,30,35). The number of amides is 2. The molecule has 0 spiro atoms. The summed E-state index contributed by atoms with van der Waals surface area (Å²) in [6.07, 6.45) is 5.78. The van der Waals surface area contributed by atoms with Gasteiger partial charge in [0.1, 0.15) is 11.6 Å². The Bertz CT molecular complexity index is 1570. The van der Waals surface area contributed by atoms with Crippen LogP contribution in [-0.2, 0) is 7.05 Å². The fraction of sp³-hybridized carbons (Fsp3) is 0.250. The molecule has 1 fully saturated rings. The summed E-state index contributed by atoms with van der Waals surface area (Å²) < 4.78 is 9.42. The van der Waals surface area contributed by atoms with Crippen LogP contribution < -0.4 is 10.1 Å². The van der Waals surface area contributed by atoms with Gasteiger partial charge in [0.05, 0.1) is 30.0 Å². The van der Waals surface area contributed by atoms with E-state index < -0.39 is 0 Å². The number of imidazole rings is 1. The summed E-state index contributed by atoms with van der Waals surface area (Å²) in [7, 11) is 3.58. The summed E-state index contributed by atoms with van der Waals surface area (Å²) >= 11 is 0. The quantitative estimate of drug-likeness (QED) is 0.378. The molecule has 1 saturated heterocycles. The van der Waals surface area contributed by atoms with E-state index in [0.29, 0.717) is 6.54 Å². The van der Waals surface area contributed by atoms with Gasteiger partial charge >= 0.3 is 6.03 Å². The van der Waals surface area contributed by atoms with Crippen LogP contribution in [0.15, 0.2) is 73.1 Å². The third kappa shape index (κ3) is 3.94. The number of likely N-dealkylation sites (tertiary alicyclic amines) is 1. The fourth-order valence-electron chi connectivity index (χ4n) is 5.15. The summed E-state index contributed by atoms with van der Waals surface area (Å²) in [5.41, 5.74) is 4.79. The number of nitrogens with one attached hydrogen (secondary N) is 1. The highest BCUT2D eigenvalue weighted by atomic mass is 16.5. The number of rotatable bonds is 4. The van der Waals surface area contributed by atoms with Crippen molar-refractivity contribution in [1.29, 1.82) is 0 Å². The van der Waals surface area contributed by atoms with Crippen LogP contribution in [0.1, 0.15) is 24.6 Å². The largest absolute Gasteiger partial charge is 0.497 e. The van der Waals surface area contributed by atoms with Gasteiger partial charge in [-0.15, -0.1) is 0 Å². The molecule has 5 aromatic rings. The fourth-order valence-corrected chi connectivity index (χ4v) is 5.15. The number of pyridine rings is 1. The van der Waals surface area contributed by atoms with Crippen molar-refractivity contribution in [3.05, 3.63) is 78.9 Å². The average Bonchev–Trinajstić information content (AvgIpc) is 3.49. The molecule has 1 aliphatic rings. The number of hydrogen-bond acceptors (Lipinski definition) is 4. The van der Waals surface area contributed by atoms with Crippen LogP contribution in [0.3, 0.4) is 0 Å². The molecule has 0 saturated carbocycles. The summed E-state index contributed by atoms with van der Waals surface area (Å²) in [6, 6.07) is 19.9. The van der Waals surface area contributed by atoms with Gasteiger partial charge in [-0.05, 0) is 55.3 Å². The average molecular weight is 481 g/mol. The van der Waals surface area contributed by atoms with Crippen molar-refractivity contribution in [2.24, 2.45) is 7.05 Å². The lowest BCUT2D eigenvalue weighted by Gasteiger charge is -2.32. The maximum Gasteiger partial charge on any atom is 0.321 e. The van der Waals surface area contributed by atoms with Gasteiger partial charge < -0.3 is 19.4 Å². The molecule has 1 unspecified atom stereocenters. The third-order valence-electron chi connectivity index (χ3n) is 6.99. The van der Waals surface area contributed by atoms with Crippen molar-refractivity contribution in [2.45, 2.75) is 18.8 Å². The topological polar surface area (TPSA) is 76.7 Å². The van der Waals surface area contributed by atoms with E-state index in [1.54, 1.807) is 7.11 Å². The predicted molar refractivity (Wildman–Crippen MR) is 140 cm³/mol. The lowest BCUT2D eigenvalue weighted by Crippen LogP contribution is -2.42. The number of urea groups is 1. The molecule has 8 nitrogen and oxygen atoms in total. The number of benzene rings is 2. The first-order chi connectivity index (χ1) is 17.6. The van der Waals surface area contributed by atoms with Crippen LogP contribution in [0, 0.1) is 0 Å². The van der Waals surface area contributed by atoms with E-state index in [1.807, 2.05) is 71.4 Å². The minimum Gasteiger partial charge on any atom is -0.497 e. The van der Waals surface area contributed by atoms with E-state index in [4.69, 9.17) is 9.72 Å². The van der Waals surface area contributed by atoms with Crippen LogP contribution in [0.25, 0.3) is 27.7 Å². The minimum atomic E-state index is -0.0863. The number of methoxy groups -OCH3 is 1. The number of fused-ring (bicyclic) bond motifs is 2. The summed E-state index contributed by atoms with van der Waals surface area (Å²) in [6.45, 7) is 1.34. The monoisotopic (exact) mass is 480 g/mol. The molecule has 0 bridgehead atoms. The number of nitrogens with zero attached hydrogens (tertiary/aromatic N) is 5. The van der Waals surface area contributed by atoms with E-state index in [1.165, 1.54) is 0 Å². The van der Waals surface area contributed by atoms with Gasteiger partial charge in [0.15, 0.2) is 0 Å². The number of piperidine rings is 1. The Morgan fingerprint density at radius 3 is 2.89 bits per heavy atom. The molecule has 1 atom stereocenters. The van der Waals surface area contributed by atoms with Gasteiger partial charge in [-0.1, -0.05) is 18.2 Å². The molecule has 0 radical (unpaired) electrons.